The van der Waals surface area contributed by atoms with E-state index in [1.54, 1.807) is 0 Å². The average molecular weight is 332 g/mol. The molecule has 0 spiro atoms. The molecule has 2 aromatic rings. The van der Waals surface area contributed by atoms with E-state index in [0.29, 0.717) is 0 Å². The van der Waals surface area contributed by atoms with Gasteiger partial charge in [0, 0.05) is 3.57 Å². The highest BCUT2D eigenvalue weighted by Crippen LogP contribution is 2.19. The van der Waals surface area contributed by atoms with Crippen molar-refractivity contribution in [3.8, 4) is 0 Å². The van der Waals surface area contributed by atoms with Crippen molar-refractivity contribution in [1.29, 1.82) is 0 Å². The second-order valence-corrected chi connectivity index (χ2v) is 5.56. The summed E-state index contributed by atoms with van der Waals surface area (Å²) in [4.78, 5) is 0. The van der Waals surface area contributed by atoms with E-state index in [-0.39, 0.29) is 0 Å². The lowest BCUT2D eigenvalue weighted by Crippen LogP contribution is -2.29. The third kappa shape index (κ3) is 2.16. The fourth-order valence-corrected chi connectivity index (χ4v) is 2.77. The molecule has 0 nitrogen and oxygen atoms in total. The standard InChI is InChI=1S/C16H13I/c17-14-10-8-13(9-11-14)16-7-3-5-12-4-1-2-6-15(12)16/h1-2,4-6,8-11H,3,7H2. The second kappa shape index (κ2) is 4.65. The molecule has 1 aliphatic rings. The largest absolute Gasteiger partial charge is 0.0763 e. The Morgan fingerprint density at radius 1 is 0.882 bits per heavy atom. The molecular formula is C16H13I. The van der Waals surface area contributed by atoms with Crippen molar-refractivity contribution in [3.63, 3.8) is 0 Å². The summed E-state index contributed by atoms with van der Waals surface area (Å²) in [6.07, 6.45) is 4.64. The maximum absolute atomic E-state index is 2.35. The summed E-state index contributed by atoms with van der Waals surface area (Å²) >= 11 is 2.35. The van der Waals surface area contributed by atoms with Gasteiger partial charge in [-0.2, -0.15) is 0 Å². The van der Waals surface area contributed by atoms with E-state index in [4.69, 9.17) is 0 Å². The maximum Gasteiger partial charge on any atom is 0.0130 e. The van der Waals surface area contributed by atoms with Crippen LogP contribution in [0.3, 0.4) is 0 Å². The van der Waals surface area contributed by atoms with Crippen LogP contribution in [0.4, 0.5) is 0 Å². The van der Waals surface area contributed by atoms with E-state index < -0.39 is 0 Å². The first-order valence-electron chi connectivity index (χ1n) is 5.89. The molecule has 17 heavy (non-hydrogen) atoms. The molecule has 0 saturated heterocycles. The van der Waals surface area contributed by atoms with Gasteiger partial charge in [-0.15, -0.1) is 0 Å². The Kier molecular flexibility index (Phi) is 3.02. The molecular weight excluding hydrogens is 319 g/mol. The van der Waals surface area contributed by atoms with Gasteiger partial charge in [-0.1, -0.05) is 42.5 Å². The Bertz CT molecular complexity index is 651. The average Bonchev–Trinajstić information content (AvgIpc) is 2.39. The molecule has 0 bridgehead atoms. The molecule has 3 rings (SSSR count). The monoisotopic (exact) mass is 332 g/mol. The third-order valence-electron chi connectivity index (χ3n) is 3.24. The first-order valence-corrected chi connectivity index (χ1v) is 6.97. The van der Waals surface area contributed by atoms with Crippen LogP contribution in [0.1, 0.15) is 18.4 Å². The van der Waals surface area contributed by atoms with Gasteiger partial charge in [0.05, 0.1) is 0 Å². The summed E-state index contributed by atoms with van der Waals surface area (Å²) < 4.78 is 1.29. The van der Waals surface area contributed by atoms with Crippen LogP contribution in [-0.4, -0.2) is 0 Å². The fraction of sp³-hybridized carbons (Fsp3) is 0.125. The minimum atomic E-state index is 1.15. The lowest BCUT2D eigenvalue weighted by Gasteiger charge is -2.11. The van der Waals surface area contributed by atoms with Crippen LogP contribution >= 0.6 is 22.6 Å². The molecule has 0 radical (unpaired) electrons. The molecule has 0 heterocycles. The van der Waals surface area contributed by atoms with Crippen LogP contribution in [0.5, 0.6) is 0 Å². The van der Waals surface area contributed by atoms with Gasteiger partial charge in [0.1, 0.15) is 0 Å². The van der Waals surface area contributed by atoms with Crippen LogP contribution in [0.2, 0.25) is 0 Å². The van der Waals surface area contributed by atoms with Gasteiger partial charge in [0.2, 0.25) is 0 Å². The molecule has 0 N–H and O–H groups in total. The molecule has 0 atom stereocenters. The van der Waals surface area contributed by atoms with Crippen LogP contribution in [0.25, 0.3) is 11.6 Å². The number of rotatable bonds is 1. The van der Waals surface area contributed by atoms with E-state index >= 15 is 0 Å². The molecule has 84 valence electrons. The first kappa shape index (κ1) is 11.0. The molecule has 0 amide bonds. The quantitative estimate of drug-likeness (QED) is 0.704. The van der Waals surface area contributed by atoms with E-state index in [1.165, 1.54) is 25.1 Å². The zero-order chi connectivity index (χ0) is 11.7. The predicted molar refractivity (Wildman–Crippen MR) is 81.1 cm³/mol. The van der Waals surface area contributed by atoms with Crippen molar-refractivity contribution in [2.24, 2.45) is 0 Å². The molecule has 0 aromatic heterocycles. The van der Waals surface area contributed by atoms with Gasteiger partial charge in [-0.25, -0.2) is 0 Å². The topological polar surface area (TPSA) is 0 Å². The Labute approximate surface area is 115 Å². The molecule has 0 aliphatic heterocycles. The summed E-state index contributed by atoms with van der Waals surface area (Å²) in [6.45, 7) is 0. The lowest BCUT2D eigenvalue weighted by molar-refractivity contribution is 1.08. The van der Waals surface area contributed by atoms with Gasteiger partial charge in [-0.05, 0) is 69.1 Å². The molecule has 2 aromatic carbocycles. The van der Waals surface area contributed by atoms with Crippen LogP contribution in [0, 0.1) is 3.57 Å². The highest BCUT2D eigenvalue weighted by Gasteiger charge is 2.06. The van der Waals surface area contributed by atoms with Gasteiger partial charge in [-0.3, -0.25) is 0 Å². The second-order valence-electron chi connectivity index (χ2n) is 4.32. The van der Waals surface area contributed by atoms with Crippen molar-refractivity contribution in [3.05, 3.63) is 68.1 Å². The Hall–Kier alpha value is -1.09. The highest BCUT2D eigenvalue weighted by atomic mass is 127. The highest BCUT2D eigenvalue weighted by molar-refractivity contribution is 14.1. The smallest absolute Gasteiger partial charge is 0.0130 e. The predicted octanol–water partition coefficient (Wildman–Crippen LogP) is 3.06. The van der Waals surface area contributed by atoms with Gasteiger partial charge >= 0.3 is 0 Å². The molecule has 0 fully saturated rings. The van der Waals surface area contributed by atoms with Gasteiger partial charge < -0.3 is 0 Å². The van der Waals surface area contributed by atoms with E-state index in [2.05, 4.69) is 77.2 Å². The number of halogens is 1. The Morgan fingerprint density at radius 3 is 2.47 bits per heavy atom. The summed E-state index contributed by atoms with van der Waals surface area (Å²) in [5.74, 6) is 0. The number of hydrogen-bond acceptors (Lipinski definition) is 0. The lowest BCUT2D eigenvalue weighted by atomic mass is 9.94. The van der Waals surface area contributed by atoms with Crippen molar-refractivity contribution >= 4 is 34.2 Å². The zero-order valence-electron chi connectivity index (χ0n) is 9.49. The minimum absolute atomic E-state index is 1.15. The van der Waals surface area contributed by atoms with Crippen molar-refractivity contribution in [2.75, 3.05) is 0 Å². The van der Waals surface area contributed by atoms with E-state index in [0.717, 1.165) is 12.8 Å². The van der Waals surface area contributed by atoms with Crippen molar-refractivity contribution in [1.82, 2.24) is 0 Å². The molecule has 1 heteroatoms. The van der Waals surface area contributed by atoms with Crippen LogP contribution < -0.4 is 10.4 Å². The zero-order valence-corrected chi connectivity index (χ0v) is 11.6. The summed E-state index contributed by atoms with van der Waals surface area (Å²) in [5.41, 5.74) is 2.85. The van der Waals surface area contributed by atoms with E-state index in [9.17, 15) is 0 Å². The SMILES string of the molecule is Ic1ccc(C2=c3ccccc3=CCC2)cc1. The molecule has 1 aliphatic carbocycles. The minimum Gasteiger partial charge on any atom is -0.0763 e. The summed E-state index contributed by atoms with van der Waals surface area (Å²) in [6, 6.07) is 17.5. The van der Waals surface area contributed by atoms with Crippen molar-refractivity contribution in [2.45, 2.75) is 12.8 Å². The van der Waals surface area contributed by atoms with Crippen LogP contribution in [0.15, 0.2) is 48.5 Å². The molecule has 0 unspecified atom stereocenters. The Balaban J connectivity index is 2.28. The van der Waals surface area contributed by atoms with Crippen molar-refractivity contribution < 1.29 is 0 Å². The third-order valence-corrected chi connectivity index (χ3v) is 3.96. The number of hydrogen-bond donors (Lipinski definition) is 0. The Morgan fingerprint density at radius 2 is 1.65 bits per heavy atom. The molecule has 0 saturated carbocycles. The van der Waals surface area contributed by atoms with E-state index in [1.807, 2.05) is 0 Å². The van der Waals surface area contributed by atoms with Crippen LogP contribution in [-0.2, 0) is 0 Å². The number of fused-ring (bicyclic) bond motifs is 1. The summed E-state index contributed by atoms with van der Waals surface area (Å²) in [7, 11) is 0. The fourth-order valence-electron chi connectivity index (χ4n) is 2.41. The number of benzene rings is 2. The van der Waals surface area contributed by atoms with Gasteiger partial charge in [0.25, 0.3) is 0 Å². The normalized spacial score (nSPS) is 14.1. The maximum atomic E-state index is 2.35. The first-order chi connectivity index (χ1) is 8.34. The summed E-state index contributed by atoms with van der Waals surface area (Å²) in [5, 5.41) is 2.78. The van der Waals surface area contributed by atoms with Gasteiger partial charge in [0.15, 0.2) is 0 Å².